The highest BCUT2D eigenvalue weighted by Gasteiger charge is 2.14. The minimum absolute atomic E-state index is 0.145. The van der Waals surface area contributed by atoms with Crippen molar-refractivity contribution in [1.29, 1.82) is 0 Å². The van der Waals surface area contributed by atoms with Crippen LogP contribution in [0.1, 0.15) is 0 Å². The molecule has 1 heterocycles. The van der Waals surface area contributed by atoms with Gasteiger partial charge in [-0.1, -0.05) is 12.2 Å². The number of nitrogens with zero attached hydrogens (tertiary/aromatic N) is 1. The summed E-state index contributed by atoms with van der Waals surface area (Å²) in [7, 11) is 0. The molecule has 1 atom stereocenters. The van der Waals surface area contributed by atoms with Gasteiger partial charge < -0.3 is 5.73 Å². The van der Waals surface area contributed by atoms with Crippen LogP contribution in [0.5, 0.6) is 0 Å². The first-order valence-electron chi connectivity index (χ1n) is 3.36. The lowest BCUT2D eigenvalue weighted by Gasteiger charge is -2.27. The molecule has 4 nitrogen and oxygen atoms in total. The van der Waals surface area contributed by atoms with Crippen LogP contribution in [0.15, 0.2) is 24.8 Å². The van der Waals surface area contributed by atoms with Crippen LogP contribution in [0, 0.1) is 0 Å². The standard InChI is InChI=1S/C7H11N3O/c1-2-6(8)10-5-3-4-7(11)9-10/h2-4,6H,1,5,8H2,(H,9,11). The van der Waals surface area contributed by atoms with Crippen LogP contribution >= 0.6 is 0 Å². The Kier molecular flexibility index (Phi) is 2.40. The maximum Gasteiger partial charge on any atom is 0.258 e. The van der Waals surface area contributed by atoms with E-state index >= 15 is 0 Å². The van der Waals surface area contributed by atoms with Gasteiger partial charge in [0.15, 0.2) is 0 Å². The summed E-state index contributed by atoms with van der Waals surface area (Å²) in [5, 5.41) is 1.61. The van der Waals surface area contributed by atoms with Crippen molar-refractivity contribution in [1.82, 2.24) is 10.4 Å². The Morgan fingerprint density at radius 3 is 3.18 bits per heavy atom. The first-order chi connectivity index (χ1) is 5.24. The van der Waals surface area contributed by atoms with Gasteiger partial charge in [0, 0.05) is 12.6 Å². The summed E-state index contributed by atoms with van der Waals surface area (Å²) in [6.45, 7) is 4.14. The molecular weight excluding hydrogens is 142 g/mol. The number of rotatable bonds is 2. The van der Waals surface area contributed by atoms with E-state index < -0.39 is 0 Å². The number of carbonyl (C=O) groups excluding carboxylic acids is 1. The lowest BCUT2D eigenvalue weighted by Crippen LogP contribution is -2.52. The molecule has 4 heteroatoms. The molecule has 1 aliphatic heterocycles. The average molecular weight is 153 g/mol. The minimum Gasteiger partial charge on any atom is -0.311 e. The first kappa shape index (κ1) is 7.97. The normalized spacial score (nSPS) is 21.0. The van der Waals surface area contributed by atoms with E-state index in [4.69, 9.17) is 5.73 Å². The number of nitrogens with two attached hydrogens (primary N) is 1. The number of hydrazine groups is 1. The SMILES string of the molecule is C=CC(N)N1CC=CC(=O)N1. The van der Waals surface area contributed by atoms with Crippen molar-refractivity contribution in [3.05, 3.63) is 24.8 Å². The molecule has 0 saturated carbocycles. The fraction of sp³-hybridized carbons (Fsp3) is 0.286. The summed E-state index contributed by atoms with van der Waals surface area (Å²) >= 11 is 0. The third-order valence-electron chi connectivity index (χ3n) is 1.43. The molecule has 1 amide bonds. The number of nitrogens with one attached hydrogen (secondary N) is 1. The fourth-order valence-electron chi connectivity index (χ4n) is 0.821. The summed E-state index contributed by atoms with van der Waals surface area (Å²) in [4.78, 5) is 10.8. The molecule has 0 aliphatic carbocycles. The van der Waals surface area contributed by atoms with E-state index in [9.17, 15) is 4.79 Å². The number of amides is 1. The second kappa shape index (κ2) is 3.32. The van der Waals surface area contributed by atoms with Crippen LogP contribution in [-0.2, 0) is 4.79 Å². The van der Waals surface area contributed by atoms with Crippen LogP contribution in [0.2, 0.25) is 0 Å². The Labute approximate surface area is 65.3 Å². The molecule has 1 unspecified atom stereocenters. The molecular formula is C7H11N3O. The topological polar surface area (TPSA) is 58.4 Å². The van der Waals surface area contributed by atoms with Gasteiger partial charge in [-0.25, -0.2) is 0 Å². The molecule has 0 fully saturated rings. The van der Waals surface area contributed by atoms with E-state index in [2.05, 4.69) is 12.0 Å². The van der Waals surface area contributed by atoms with E-state index in [1.807, 2.05) is 0 Å². The van der Waals surface area contributed by atoms with Gasteiger partial charge in [-0.2, -0.15) is 5.01 Å². The third-order valence-corrected chi connectivity index (χ3v) is 1.43. The predicted molar refractivity (Wildman–Crippen MR) is 42.2 cm³/mol. The van der Waals surface area contributed by atoms with E-state index in [0.29, 0.717) is 6.54 Å². The van der Waals surface area contributed by atoms with Crippen molar-refractivity contribution in [3.63, 3.8) is 0 Å². The maximum absolute atomic E-state index is 10.8. The van der Waals surface area contributed by atoms with Gasteiger partial charge in [0.05, 0.1) is 6.17 Å². The van der Waals surface area contributed by atoms with Crippen molar-refractivity contribution < 1.29 is 4.79 Å². The van der Waals surface area contributed by atoms with Crippen molar-refractivity contribution in [2.75, 3.05) is 6.54 Å². The molecule has 11 heavy (non-hydrogen) atoms. The van der Waals surface area contributed by atoms with E-state index in [1.54, 1.807) is 17.2 Å². The number of hydrogen-bond acceptors (Lipinski definition) is 3. The summed E-state index contributed by atoms with van der Waals surface area (Å²) in [6, 6.07) is 0. The van der Waals surface area contributed by atoms with Gasteiger partial charge in [-0.05, 0) is 0 Å². The molecule has 60 valence electrons. The summed E-state index contributed by atoms with van der Waals surface area (Å²) in [6.07, 6.45) is 4.48. The van der Waals surface area contributed by atoms with Crippen LogP contribution in [0.3, 0.4) is 0 Å². The van der Waals surface area contributed by atoms with Crippen molar-refractivity contribution in [2.45, 2.75) is 6.17 Å². The van der Waals surface area contributed by atoms with Crippen LogP contribution in [0.25, 0.3) is 0 Å². The number of carbonyl (C=O) groups is 1. The van der Waals surface area contributed by atoms with Gasteiger partial charge in [-0.15, -0.1) is 6.58 Å². The summed E-state index contributed by atoms with van der Waals surface area (Å²) < 4.78 is 0. The average Bonchev–Trinajstić information content (AvgIpc) is 2.03. The lowest BCUT2D eigenvalue weighted by molar-refractivity contribution is -0.122. The Morgan fingerprint density at radius 1 is 1.91 bits per heavy atom. The number of hydrogen-bond donors (Lipinski definition) is 2. The van der Waals surface area contributed by atoms with Crippen molar-refractivity contribution in [2.24, 2.45) is 5.73 Å². The Morgan fingerprint density at radius 2 is 2.64 bits per heavy atom. The first-order valence-corrected chi connectivity index (χ1v) is 3.36. The molecule has 0 aromatic carbocycles. The zero-order chi connectivity index (χ0) is 8.27. The maximum atomic E-state index is 10.8. The molecule has 1 aliphatic rings. The Balaban J connectivity index is 2.55. The smallest absolute Gasteiger partial charge is 0.258 e. The van der Waals surface area contributed by atoms with E-state index in [0.717, 1.165) is 0 Å². The zero-order valence-electron chi connectivity index (χ0n) is 6.16. The quantitative estimate of drug-likeness (QED) is 0.519. The predicted octanol–water partition coefficient (Wildman–Crippen LogP) is -0.640. The Bertz CT molecular complexity index is 200. The minimum atomic E-state index is -0.316. The van der Waals surface area contributed by atoms with Crippen LogP contribution in [-0.4, -0.2) is 23.6 Å². The largest absolute Gasteiger partial charge is 0.311 e. The van der Waals surface area contributed by atoms with Crippen LogP contribution < -0.4 is 11.2 Å². The molecule has 0 spiro atoms. The highest BCUT2D eigenvalue weighted by atomic mass is 16.2. The highest BCUT2D eigenvalue weighted by Crippen LogP contribution is 1.95. The summed E-state index contributed by atoms with van der Waals surface area (Å²) in [5.74, 6) is -0.145. The summed E-state index contributed by atoms with van der Waals surface area (Å²) in [5.41, 5.74) is 8.15. The van der Waals surface area contributed by atoms with Gasteiger partial charge in [0.2, 0.25) is 0 Å². The second-order valence-corrected chi connectivity index (χ2v) is 2.26. The van der Waals surface area contributed by atoms with Crippen molar-refractivity contribution in [3.8, 4) is 0 Å². The molecule has 0 aromatic heterocycles. The van der Waals surface area contributed by atoms with Crippen LogP contribution in [0.4, 0.5) is 0 Å². The fourth-order valence-corrected chi connectivity index (χ4v) is 0.821. The van der Waals surface area contributed by atoms with Gasteiger partial charge in [0.25, 0.3) is 5.91 Å². The Hall–Kier alpha value is -1.13. The van der Waals surface area contributed by atoms with E-state index in [1.165, 1.54) is 6.08 Å². The van der Waals surface area contributed by atoms with Crippen molar-refractivity contribution >= 4 is 5.91 Å². The molecule has 0 bridgehead atoms. The zero-order valence-corrected chi connectivity index (χ0v) is 6.16. The van der Waals surface area contributed by atoms with E-state index in [-0.39, 0.29) is 12.1 Å². The molecule has 0 radical (unpaired) electrons. The van der Waals surface area contributed by atoms with Gasteiger partial charge >= 0.3 is 0 Å². The molecule has 1 rings (SSSR count). The molecule has 0 aromatic rings. The monoisotopic (exact) mass is 153 g/mol. The highest BCUT2D eigenvalue weighted by molar-refractivity contribution is 5.87. The third kappa shape index (κ3) is 1.89. The van der Waals surface area contributed by atoms with Gasteiger partial charge in [-0.3, -0.25) is 10.2 Å². The van der Waals surface area contributed by atoms with Gasteiger partial charge in [0.1, 0.15) is 0 Å². The molecule has 0 saturated heterocycles. The second-order valence-electron chi connectivity index (χ2n) is 2.26. The molecule has 3 N–H and O–H groups in total. The lowest BCUT2D eigenvalue weighted by atomic mass is 10.3.